The van der Waals surface area contributed by atoms with E-state index in [-0.39, 0.29) is 11.9 Å². The fraction of sp³-hybridized carbons (Fsp3) is 0.333. The molecule has 1 aliphatic heterocycles. The first kappa shape index (κ1) is 18.2. The number of pyridine rings is 2. The number of aryl methyl sites for hydroxylation is 2. The predicted molar refractivity (Wildman–Crippen MR) is 106 cm³/mol. The van der Waals surface area contributed by atoms with Gasteiger partial charge in [0.2, 0.25) is 0 Å². The minimum atomic E-state index is -0.0926. The first-order valence-electron chi connectivity index (χ1n) is 9.47. The van der Waals surface area contributed by atoms with Crippen LogP contribution in [0.2, 0.25) is 0 Å². The molecule has 1 saturated heterocycles. The minimum Gasteiger partial charge on any atom is -0.361 e. The van der Waals surface area contributed by atoms with E-state index in [1.54, 1.807) is 18.5 Å². The fourth-order valence-electron chi connectivity index (χ4n) is 3.73. The van der Waals surface area contributed by atoms with Gasteiger partial charge in [0.05, 0.1) is 17.6 Å². The van der Waals surface area contributed by atoms with Crippen LogP contribution in [0.3, 0.4) is 0 Å². The Morgan fingerprint density at radius 2 is 2.14 bits per heavy atom. The number of nitrogens with zero attached hydrogens (tertiary/aromatic N) is 4. The Bertz CT molecular complexity index is 933. The monoisotopic (exact) mass is 377 g/mol. The Hall–Kier alpha value is -3.22. The van der Waals surface area contributed by atoms with Crippen molar-refractivity contribution < 1.29 is 9.32 Å². The van der Waals surface area contributed by atoms with Crippen molar-refractivity contribution in [1.29, 1.82) is 0 Å². The maximum Gasteiger partial charge on any atom is 0.321 e. The lowest BCUT2D eigenvalue weighted by Crippen LogP contribution is -2.41. The number of hydrogen-bond donors (Lipinski definition) is 1. The van der Waals surface area contributed by atoms with E-state index in [1.807, 2.05) is 31.0 Å². The van der Waals surface area contributed by atoms with E-state index in [1.165, 1.54) is 0 Å². The second-order valence-corrected chi connectivity index (χ2v) is 7.13. The van der Waals surface area contributed by atoms with Gasteiger partial charge in [0.15, 0.2) is 0 Å². The smallest absolute Gasteiger partial charge is 0.321 e. The SMILES string of the molecule is Cc1noc(C)c1-c1ccc(C2CCCN(C(=O)Nc3cccnc3)C2)nc1. The molecule has 1 aliphatic rings. The molecule has 0 bridgehead atoms. The fourth-order valence-corrected chi connectivity index (χ4v) is 3.73. The molecule has 2 amide bonds. The Morgan fingerprint density at radius 1 is 1.25 bits per heavy atom. The number of carbonyl (C=O) groups is 1. The lowest BCUT2D eigenvalue weighted by molar-refractivity contribution is 0.192. The molecular weight excluding hydrogens is 354 g/mol. The molecule has 7 nitrogen and oxygen atoms in total. The van der Waals surface area contributed by atoms with E-state index in [2.05, 4.69) is 32.6 Å². The number of urea groups is 1. The van der Waals surface area contributed by atoms with Crippen molar-refractivity contribution in [2.75, 3.05) is 18.4 Å². The van der Waals surface area contributed by atoms with Gasteiger partial charge in [0, 0.05) is 48.2 Å². The zero-order valence-corrected chi connectivity index (χ0v) is 16.1. The van der Waals surface area contributed by atoms with Gasteiger partial charge in [-0.15, -0.1) is 0 Å². The lowest BCUT2D eigenvalue weighted by atomic mass is 9.93. The van der Waals surface area contributed by atoms with Crippen molar-refractivity contribution in [3.8, 4) is 11.1 Å². The molecule has 3 aromatic rings. The Labute approximate surface area is 163 Å². The molecule has 1 unspecified atom stereocenters. The van der Waals surface area contributed by atoms with Gasteiger partial charge in [-0.25, -0.2) is 4.79 Å². The summed E-state index contributed by atoms with van der Waals surface area (Å²) < 4.78 is 5.25. The maximum absolute atomic E-state index is 12.6. The number of nitrogens with one attached hydrogen (secondary N) is 1. The standard InChI is InChI=1S/C21H23N5O2/c1-14-20(15(2)28-25-14)16-7-8-19(23-11-16)17-5-4-10-26(13-17)21(27)24-18-6-3-9-22-12-18/h3,6-9,11-12,17H,4-5,10,13H2,1-2H3,(H,24,27). The summed E-state index contributed by atoms with van der Waals surface area (Å²) in [6, 6.07) is 7.66. The number of hydrogen-bond acceptors (Lipinski definition) is 5. The van der Waals surface area contributed by atoms with Crippen LogP contribution >= 0.6 is 0 Å². The highest BCUT2D eigenvalue weighted by atomic mass is 16.5. The molecule has 1 N–H and O–H groups in total. The molecule has 7 heteroatoms. The summed E-state index contributed by atoms with van der Waals surface area (Å²) >= 11 is 0. The van der Waals surface area contributed by atoms with E-state index in [0.717, 1.165) is 47.7 Å². The summed E-state index contributed by atoms with van der Waals surface area (Å²) in [5, 5.41) is 6.92. The molecule has 0 spiro atoms. The van der Waals surface area contributed by atoms with Gasteiger partial charge in [-0.2, -0.15) is 0 Å². The van der Waals surface area contributed by atoms with Crippen molar-refractivity contribution in [1.82, 2.24) is 20.0 Å². The zero-order chi connectivity index (χ0) is 19.5. The number of likely N-dealkylation sites (tertiary alicyclic amines) is 1. The number of aromatic nitrogens is 3. The topological polar surface area (TPSA) is 84.2 Å². The summed E-state index contributed by atoms with van der Waals surface area (Å²) in [6.45, 7) is 5.24. The molecule has 144 valence electrons. The highest BCUT2D eigenvalue weighted by Crippen LogP contribution is 2.30. The van der Waals surface area contributed by atoms with E-state index >= 15 is 0 Å². The van der Waals surface area contributed by atoms with Crippen LogP contribution in [0.15, 0.2) is 47.4 Å². The third kappa shape index (κ3) is 3.74. The number of rotatable bonds is 3. The zero-order valence-electron chi connectivity index (χ0n) is 16.1. The normalized spacial score (nSPS) is 16.8. The molecule has 28 heavy (non-hydrogen) atoms. The molecule has 0 radical (unpaired) electrons. The highest BCUT2D eigenvalue weighted by molar-refractivity contribution is 5.89. The van der Waals surface area contributed by atoms with Crippen LogP contribution in [0, 0.1) is 13.8 Å². The third-order valence-electron chi connectivity index (χ3n) is 5.15. The van der Waals surface area contributed by atoms with Gasteiger partial charge in [-0.3, -0.25) is 9.97 Å². The number of piperidine rings is 1. The largest absolute Gasteiger partial charge is 0.361 e. The van der Waals surface area contributed by atoms with Gasteiger partial charge in [0.1, 0.15) is 5.76 Å². The van der Waals surface area contributed by atoms with Crippen LogP contribution in [0.1, 0.15) is 35.9 Å². The van der Waals surface area contributed by atoms with Crippen LogP contribution in [-0.2, 0) is 0 Å². The van der Waals surface area contributed by atoms with Gasteiger partial charge in [-0.1, -0.05) is 11.2 Å². The van der Waals surface area contributed by atoms with Crippen molar-refractivity contribution in [2.45, 2.75) is 32.6 Å². The summed E-state index contributed by atoms with van der Waals surface area (Å²) in [5.41, 5.74) is 4.58. The first-order valence-corrected chi connectivity index (χ1v) is 9.47. The molecule has 0 aromatic carbocycles. The van der Waals surface area contributed by atoms with Crippen LogP contribution in [0.5, 0.6) is 0 Å². The molecule has 0 aliphatic carbocycles. The average Bonchev–Trinajstić information content (AvgIpc) is 3.07. The molecular formula is C21H23N5O2. The first-order chi connectivity index (χ1) is 13.6. The highest BCUT2D eigenvalue weighted by Gasteiger charge is 2.26. The molecule has 4 rings (SSSR count). The van der Waals surface area contributed by atoms with Gasteiger partial charge >= 0.3 is 6.03 Å². The van der Waals surface area contributed by atoms with Crippen LogP contribution in [0.4, 0.5) is 10.5 Å². The lowest BCUT2D eigenvalue weighted by Gasteiger charge is -2.32. The second kappa shape index (κ2) is 7.80. The number of carbonyl (C=O) groups excluding carboxylic acids is 1. The van der Waals surface area contributed by atoms with Gasteiger partial charge in [-0.05, 0) is 44.9 Å². The Morgan fingerprint density at radius 3 is 2.82 bits per heavy atom. The molecule has 3 aromatic heterocycles. The molecule has 0 saturated carbocycles. The average molecular weight is 377 g/mol. The van der Waals surface area contributed by atoms with Crippen LogP contribution in [0.25, 0.3) is 11.1 Å². The van der Waals surface area contributed by atoms with E-state index in [9.17, 15) is 4.79 Å². The van der Waals surface area contributed by atoms with Crippen molar-refractivity contribution in [2.24, 2.45) is 0 Å². The number of anilines is 1. The molecule has 1 atom stereocenters. The van der Waals surface area contributed by atoms with Crippen molar-refractivity contribution in [3.05, 3.63) is 60.0 Å². The van der Waals surface area contributed by atoms with Crippen LogP contribution < -0.4 is 5.32 Å². The summed E-state index contributed by atoms with van der Waals surface area (Å²) in [5.74, 6) is 1.02. The van der Waals surface area contributed by atoms with Crippen LogP contribution in [-0.4, -0.2) is 39.1 Å². The third-order valence-corrected chi connectivity index (χ3v) is 5.15. The predicted octanol–water partition coefficient (Wildman–Crippen LogP) is 4.16. The van der Waals surface area contributed by atoms with Gasteiger partial charge < -0.3 is 14.7 Å². The van der Waals surface area contributed by atoms with E-state index in [4.69, 9.17) is 4.52 Å². The summed E-state index contributed by atoms with van der Waals surface area (Å²) in [6.07, 6.45) is 7.18. The minimum absolute atomic E-state index is 0.0926. The second-order valence-electron chi connectivity index (χ2n) is 7.13. The number of amides is 2. The van der Waals surface area contributed by atoms with Gasteiger partial charge in [0.25, 0.3) is 0 Å². The van der Waals surface area contributed by atoms with E-state index < -0.39 is 0 Å². The van der Waals surface area contributed by atoms with Crippen molar-refractivity contribution >= 4 is 11.7 Å². The Kier molecular flexibility index (Phi) is 5.06. The van der Waals surface area contributed by atoms with Crippen molar-refractivity contribution in [3.63, 3.8) is 0 Å². The Balaban J connectivity index is 1.45. The van der Waals surface area contributed by atoms with E-state index in [0.29, 0.717) is 12.2 Å². The molecule has 4 heterocycles. The molecule has 1 fully saturated rings. The quantitative estimate of drug-likeness (QED) is 0.741. The maximum atomic E-state index is 12.6. The summed E-state index contributed by atoms with van der Waals surface area (Å²) in [4.78, 5) is 23.1. The summed E-state index contributed by atoms with van der Waals surface area (Å²) in [7, 11) is 0.